The number of aryl methyl sites for hydroxylation is 2. The first-order valence-electron chi connectivity index (χ1n) is 5.75. The largest absolute Gasteiger partial charge is 0.326 e. The third-order valence-corrected chi connectivity index (χ3v) is 3.02. The van der Waals surface area contributed by atoms with Gasteiger partial charge in [-0.2, -0.15) is 0 Å². The number of hydrogen-bond donors (Lipinski definition) is 1. The molecule has 0 saturated carbocycles. The van der Waals surface area contributed by atoms with E-state index in [1.54, 1.807) is 6.20 Å². The maximum absolute atomic E-state index is 6.09. The molecular weight excluding hydrogens is 234 g/mol. The molecule has 1 N–H and O–H groups in total. The molecule has 0 amide bonds. The fourth-order valence-electron chi connectivity index (χ4n) is 1.65. The van der Waals surface area contributed by atoms with Crippen LogP contribution < -0.4 is 5.32 Å². The normalized spacial score (nSPS) is 10.5. The van der Waals surface area contributed by atoms with Crippen molar-refractivity contribution in [3.63, 3.8) is 0 Å². The SMILES string of the molecule is CCCn1ccnc1Nc1ccc(C)c(Cl)c1. The number of aromatic nitrogens is 2. The fourth-order valence-corrected chi connectivity index (χ4v) is 1.83. The monoisotopic (exact) mass is 249 g/mol. The van der Waals surface area contributed by atoms with Crippen molar-refractivity contribution in [3.05, 3.63) is 41.2 Å². The van der Waals surface area contributed by atoms with Crippen LogP contribution in [-0.2, 0) is 6.54 Å². The molecule has 3 nitrogen and oxygen atoms in total. The summed E-state index contributed by atoms with van der Waals surface area (Å²) in [7, 11) is 0. The van der Waals surface area contributed by atoms with Crippen LogP contribution in [0.4, 0.5) is 11.6 Å². The summed E-state index contributed by atoms with van der Waals surface area (Å²) in [6, 6.07) is 5.92. The van der Waals surface area contributed by atoms with Crippen LogP contribution >= 0.6 is 11.6 Å². The molecular formula is C13H16ClN3. The smallest absolute Gasteiger partial charge is 0.207 e. The van der Waals surface area contributed by atoms with Crippen molar-refractivity contribution in [2.45, 2.75) is 26.8 Å². The minimum Gasteiger partial charge on any atom is -0.326 e. The lowest BCUT2D eigenvalue weighted by molar-refractivity contribution is 0.686. The van der Waals surface area contributed by atoms with Crippen LogP contribution in [0.5, 0.6) is 0 Å². The van der Waals surface area contributed by atoms with Gasteiger partial charge in [-0.25, -0.2) is 4.98 Å². The van der Waals surface area contributed by atoms with Crippen molar-refractivity contribution in [3.8, 4) is 0 Å². The Morgan fingerprint density at radius 1 is 1.41 bits per heavy atom. The average Bonchev–Trinajstić information content (AvgIpc) is 2.72. The topological polar surface area (TPSA) is 29.9 Å². The van der Waals surface area contributed by atoms with Gasteiger partial charge in [0.2, 0.25) is 5.95 Å². The van der Waals surface area contributed by atoms with Crippen molar-refractivity contribution in [2.75, 3.05) is 5.32 Å². The Morgan fingerprint density at radius 3 is 2.94 bits per heavy atom. The van der Waals surface area contributed by atoms with Gasteiger partial charge >= 0.3 is 0 Å². The van der Waals surface area contributed by atoms with E-state index in [-0.39, 0.29) is 0 Å². The average molecular weight is 250 g/mol. The standard InChI is InChI=1S/C13H16ClN3/c1-3-7-17-8-6-15-13(17)16-11-5-4-10(2)12(14)9-11/h4-6,8-9H,3,7H2,1-2H3,(H,15,16). The second-order valence-corrected chi connectivity index (χ2v) is 4.44. The molecule has 1 heterocycles. The number of rotatable bonds is 4. The van der Waals surface area contributed by atoms with E-state index in [9.17, 15) is 0 Å². The lowest BCUT2D eigenvalue weighted by atomic mass is 10.2. The summed E-state index contributed by atoms with van der Waals surface area (Å²) in [6.07, 6.45) is 4.86. The molecule has 17 heavy (non-hydrogen) atoms. The Hall–Kier alpha value is -1.48. The summed E-state index contributed by atoms with van der Waals surface area (Å²) in [5.41, 5.74) is 2.04. The molecule has 90 valence electrons. The lowest BCUT2D eigenvalue weighted by Gasteiger charge is -2.09. The molecule has 0 radical (unpaired) electrons. The highest BCUT2D eigenvalue weighted by molar-refractivity contribution is 6.31. The zero-order valence-corrected chi connectivity index (χ0v) is 10.8. The van der Waals surface area contributed by atoms with E-state index in [4.69, 9.17) is 11.6 Å². The molecule has 0 aliphatic carbocycles. The summed E-state index contributed by atoms with van der Waals surface area (Å²) in [6.45, 7) is 5.10. The number of nitrogens with zero attached hydrogens (tertiary/aromatic N) is 2. The van der Waals surface area contributed by atoms with Gasteiger partial charge in [0, 0.05) is 29.6 Å². The highest BCUT2D eigenvalue weighted by atomic mass is 35.5. The Labute approximate surface area is 106 Å². The number of anilines is 2. The van der Waals surface area contributed by atoms with Crippen molar-refractivity contribution in [1.82, 2.24) is 9.55 Å². The summed E-state index contributed by atoms with van der Waals surface area (Å²) in [5, 5.41) is 4.04. The lowest BCUT2D eigenvalue weighted by Crippen LogP contribution is -2.02. The number of imidazole rings is 1. The fraction of sp³-hybridized carbons (Fsp3) is 0.308. The molecule has 0 aliphatic heterocycles. The van der Waals surface area contributed by atoms with E-state index >= 15 is 0 Å². The van der Waals surface area contributed by atoms with Crippen molar-refractivity contribution in [2.24, 2.45) is 0 Å². The third kappa shape index (κ3) is 2.80. The predicted octanol–water partition coefficient (Wildman–Crippen LogP) is 4.00. The first-order chi connectivity index (χ1) is 8.20. The molecule has 0 spiro atoms. The van der Waals surface area contributed by atoms with Crippen LogP contribution in [0.25, 0.3) is 0 Å². The number of benzene rings is 1. The number of halogens is 1. The second-order valence-electron chi connectivity index (χ2n) is 4.03. The van der Waals surface area contributed by atoms with Gasteiger partial charge in [-0.15, -0.1) is 0 Å². The molecule has 0 atom stereocenters. The first-order valence-corrected chi connectivity index (χ1v) is 6.13. The molecule has 0 fully saturated rings. The maximum atomic E-state index is 6.09. The van der Waals surface area contributed by atoms with Gasteiger partial charge in [-0.1, -0.05) is 24.6 Å². The van der Waals surface area contributed by atoms with Gasteiger partial charge in [-0.05, 0) is 31.0 Å². The molecule has 2 aromatic rings. The molecule has 0 saturated heterocycles. The molecule has 0 unspecified atom stereocenters. The van der Waals surface area contributed by atoms with Crippen molar-refractivity contribution < 1.29 is 0 Å². The van der Waals surface area contributed by atoms with Gasteiger partial charge in [0.1, 0.15) is 0 Å². The third-order valence-electron chi connectivity index (χ3n) is 2.61. The van der Waals surface area contributed by atoms with Gasteiger partial charge in [0.15, 0.2) is 0 Å². The van der Waals surface area contributed by atoms with E-state index in [0.29, 0.717) is 0 Å². The summed E-state index contributed by atoms with van der Waals surface area (Å²) in [5.74, 6) is 0.853. The quantitative estimate of drug-likeness (QED) is 0.888. The summed E-state index contributed by atoms with van der Waals surface area (Å²) in [4.78, 5) is 4.29. The highest BCUT2D eigenvalue weighted by Gasteiger charge is 2.03. The van der Waals surface area contributed by atoms with E-state index in [0.717, 1.165) is 35.2 Å². The second kappa shape index (κ2) is 5.23. The number of nitrogens with one attached hydrogen (secondary N) is 1. The molecule has 0 aliphatic rings. The minimum absolute atomic E-state index is 0.767. The van der Waals surface area contributed by atoms with Crippen LogP contribution in [0.1, 0.15) is 18.9 Å². The minimum atomic E-state index is 0.767. The van der Waals surface area contributed by atoms with E-state index in [1.165, 1.54) is 0 Å². The van der Waals surface area contributed by atoms with Gasteiger partial charge in [-0.3, -0.25) is 0 Å². The van der Waals surface area contributed by atoms with Crippen LogP contribution in [0.15, 0.2) is 30.6 Å². The van der Waals surface area contributed by atoms with Gasteiger partial charge in [0.05, 0.1) is 0 Å². The van der Waals surface area contributed by atoms with Crippen LogP contribution in [0, 0.1) is 6.92 Å². The summed E-state index contributed by atoms with van der Waals surface area (Å²) < 4.78 is 2.09. The maximum Gasteiger partial charge on any atom is 0.207 e. The molecule has 2 rings (SSSR count). The van der Waals surface area contributed by atoms with Crippen molar-refractivity contribution in [1.29, 1.82) is 0 Å². The molecule has 0 bridgehead atoms. The zero-order chi connectivity index (χ0) is 12.3. The first kappa shape index (κ1) is 12.0. The van der Waals surface area contributed by atoms with E-state index in [1.807, 2.05) is 31.3 Å². The molecule has 4 heteroatoms. The molecule has 1 aromatic carbocycles. The van der Waals surface area contributed by atoms with Crippen molar-refractivity contribution >= 4 is 23.2 Å². The highest BCUT2D eigenvalue weighted by Crippen LogP contribution is 2.22. The Balaban J connectivity index is 2.19. The predicted molar refractivity (Wildman–Crippen MR) is 72.0 cm³/mol. The van der Waals surface area contributed by atoms with E-state index < -0.39 is 0 Å². The summed E-state index contributed by atoms with van der Waals surface area (Å²) >= 11 is 6.09. The molecule has 1 aromatic heterocycles. The number of hydrogen-bond acceptors (Lipinski definition) is 2. The van der Waals surface area contributed by atoms with Crippen LogP contribution in [0.3, 0.4) is 0 Å². The van der Waals surface area contributed by atoms with Crippen LogP contribution in [0.2, 0.25) is 5.02 Å². The Kier molecular flexibility index (Phi) is 3.69. The zero-order valence-electron chi connectivity index (χ0n) is 10.1. The van der Waals surface area contributed by atoms with E-state index in [2.05, 4.69) is 21.8 Å². The Bertz CT molecular complexity index is 505. The van der Waals surface area contributed by atoms with Crippen LogP contribution in [-0.4, -0.2) is 9.55 Å². The van der Waals surface area contributed by atoms with Gasteiger partial charge < -0.3 is 9.88 Å². The Morgan fingerprint density at radius 2 is 2.24 bits per heavy atom. The van der Waals surface area contributed by atoms with Gasteiger partial charge in [0.25, 0.3) is 0 Å².